The van der Waals surface area contributed by atoms with Crippen LogP contribution in [0.15, 0.2) is 41.8 Å². The lowest BCUT2D eigenvalue weighted by Crippen LogP contribution is -2.68. The summed E-state index contributed by atoms with van der Waals surface area (Å²) in [4.78, 5) is 19.3. The first-order chi connectivity index (χ1) is 12.8. The van der Waals surface area contributed by atoms with Gasteiger partial charge in [0.1, 0.15) is 0 Å². The van der Waals surface area contributed by atoms with Gasteiger partial charge in [-0.1, -0.05) is 43.2 Å². The number of fused-ring (bicyclic) bond motifs is 2. The first kappa shape index (κ1) is 16.5. The van der Waals surface area contributed by atoms with E-state index in [2.05, 4.69) is 51.6 Å². The number of amides is 1. The lowest BCUT2D eigenvalue weighted by atomic mass is 9.61. The molecule has 0 spiro atoms. The molecule has 1 amide bonds. The molecule has 3 aliphatic rings. The molecule has 1 aromatic carbocycles. The number of carbonyl (C=O) groups excluding carboxylic acids is 1. The van der Waals surface area contributed by atoms with E-state index in [9.17, 15) is 4.79 Å². The molecule has 3 heterocycles. The Kier molecular flexibility index (Phi) is 4.13. The highest BCUT2D eigenvalue weighted by Crippen LogP contribution is 2.53. The summed E-state index contributed by atoms with van der Waals surface area (Å²) in [6.07, 6.45) is 6.03. The Morgan fingerprint density at radius 2 is 2.08 bits per heavy atom. The zero-order valence-corrected chi connectivity index (χ0v) is 16.0. The van der Waals surface area contributed by atoms with Crippen LogP contribution >= 0.6 is 11.3 Å². The third-order valence-corrected chi connectivity index (χ3v) is 7.76. The van der Waals surface area contributed by atoms with E-state index in [1.54, 1.807) is 0 Å². The van der Waals surface area contributed by atoms with E-state index < -0.39 is 0 Å². The minimum atomic E-state index is -0.0279. The number of likely N-dealkylation sites (tertiary alicyclic amines) is 1. The number of thiophene rings is 1. The van der Waals surface area contributed by atoms with Crippen LogP contribution in [0.2, 0.25) is 0 Å². The van der Waals surface area contributed by atoms with Gasteiger partial charge in [-0.2, -0.15) is 0 Å². The largest absolute Gasteiger partial charge is 0.331 e. The van der Waals surface area contributed by atoms with Crippen molar-refractivity contribution in [3.8, 4) is 0 Å². The Morgan fingerprint density at radius 3 is 2.92 bits per heavy atom. The van der Waals surface area contributed by atoms with Crippen molar-refractivity contribution in [2.24, 2.45) is 5.92 Å². The molecule has 3 nitrogen and oxygen atoms in total. The highest BCUT2D eigenvalue weighted by Gasteiger charge is 2.56. The van der Waals surface area contributed by atoms with Crippen molar-refractivity contribution in [2.75, 3.05) is 19.6 Å². The first-order valence-corrected chi connectivity index (χ1v) is 10.8. The third-order valence-electron chi connectivity index (χ3n) is 6.74. The highest BCUT2D eigenvalue weighted by atomic mass is 32.1. The van der Waals surface area contributed by atoms with Gasteiger partial charge in [-0.25, -0.2) is 0 Å². The summed E-state index contributed by atoms with van der Waals surface area (Å²) in [6, 6.07) is 13.0. The maximum atomic E-state index is 13.3. The second kappa shape index (κ2) is 6.50. The molecule has 0 bridgehead atoms. The van der Waals surface area contributed by atoms with E-state index in [0.717, 1.165) is 32.5 Å². The normalized spacial score (nSPS) is 28.2. The summed E-state index contributed by atoms with van der Waals surface area (Å²) in [5, 5.41) is 2.18. The third kappa shape index (κ3) is 2.54. The summed E-state index contributed by atoms with van der Waals surface area (Å²) >= 11 is 1.86. The maximum Gasteiger partial charge on any atom is 0.237 e. The fraction of sp³-hybridized carbons (Fsp3) is 0.500. The molecule has 0 N–H and O–H groups in total. The van der Waals surface area contributed by atoms with Crippen LogP contribution in [-0.4, -0.2) is 35.3 Å². The molecule has 1 aliphatic carbocycles. The minimum Gasteiger partial charge on any atom is -0.331 e. The molecule has 2 aromatic rings. The van der Waals surface area contributed by atoms with Crippen molar-refractivity contribution in [3.05, 3.63) is 57.8 Å². The lowest BCUT2D eigenvalue weighted by Gasteiger charge is -2.61. The standard InChI is InChI=1S/C22H26N2OS/c25-21(16-23-12-9-20-17(14-23)10-13-26-20)24-15-19-8-4-5-11-22(19,24)18-6-2-1-3-7-18/h1-3,6-7,10,13,19H,4-5,8-9,11-12,14-16H2/t19-,22-/m0/s1. The van der Waals surface area contributed by atoms with Gasteiger partial charge in [0.2, 0.25) is 5.91 Å². The van der Waals surface area contributed by atoms with Crippen LogP contribution in [0, 0.1) is 5.92 Å². The van der Waals surface area contributed by atoms with Gasteiger partial charge in [0, 0.05) is 30.4 Å². The molecule has 5 rings (SSSR count). The van der Waals surface area contributed by atoms with Crippen LogP contribution in [0.3, 0.4) is 0 Å². The summed E-state index contributed by atoms with van der Waals surface area (Å²) in [5.74, 6) is 0.970. The van der Waals surface area contributed by atoms with Crippen molar-refractivity contribution in [3.63, 3.8) is 0 Å². The summed E-state index contributed by atoms with van der Waals surface area (Å²) < 4.78 is 0. The summed E-state index contributed by atoms with van der Waals surface area (Å²) in [6.45, 7) is 3.46. The van der Waals surface area contributed by atoms with Crippen molar-refractivity contribution in [1.29, 1.82) is 0 Å². The second-order valence-corrected chi connectivity index (χ2v) is 9.07. The minimum absolute atomic E-state index is 0.0279. The molecule has 1 saturated heterocycles. The molecule has 136 valence electrons. The van der Waals surface area contributed by atoms with Crippen LogP contribution in [0.25, 0.3) is 0 Å². The molecule has 1 aromatic heterocycles. The van der Waals surface area contributed by atoms with Crippen LogP contribution in [0.1, 0.15) is 41.7 Å². The van der Waals surface area contributed by atoms with Gasteiger partial charge in [0.25, 0.3) is 0 Å². The topological polar surface area (TPSA) is 23.6 Å². The Bertz CT molecular complexity index is 801. The molecule has 4 heteroatoms. The smallest absolute Gasteiger partial charge is 0.237 e. The van der Waals surface area contributed by atoms with E-state index in [1.165, 1.54) is 35.3 Å². The molecule has 26 heavy (non-hydrogen) atoms. The fourth-order valence-corrected chi connectivity index (χ4v) is 6.29. The van der Waals surface area contributed by atoms with Gasteiger partial charge >= 0.3 is 0 Å². The van der Waals surface area contributed by atoms with Crippen LogP contribution in [-0.2, 0) is 23.3 Å². The molecule has 2 fully saturated rings. The van der Waals surface area contributed by atoms with E-state index in [1.807, 2.05) is 11.3 Å². The molecule has 2 aliphatic heterocycles. The Morgan fingerprint density at radius 1 is 1.19 bits per heavy atom. The van der Waals surface area contributed by atoms with Gasteiger partial charge in [0.05, 0.1) is 12.1 Å². The van der Waals surface area contributed by atoms with E-state index in [-0.39, 0.29) is 5.54 Å². The van der Waals surface area contributed by atoms with E-state index >= 15 is 0 Å². The highest BCUT2D eigenvalue weighted by molar-refractivity contribution is 7.10. The Labute approximate surface area is 159 Å². The van der Waals surface area contributed by atoms with Crippen molar-refractivity contribution in [1.82, 2.24) is 9.80 Å². The van der Waals surface area contributed by atoms with Crippen LogP contribution in [0.5, 0.6) is 0 Å². The zero-order valence-electron chi connectivity index (χ0n) is 15.2. The Balaban J connectivity index is 1.35. The number of hydrogen-bond donors (Lipinski definition) is 0. The quantitative estimate of drug-likeness (QED) is 0.819. The van der Waals surface area contributed by atoms with Gasteiger partial charge < -0.3 is 4.90 Å². The van der Waals surface area contributed by atoms with Crippen molar-refractivity contribution >= 4 is 17.2 Å². The number of rotatable bonds is 3. The number of nitrogens with zero attached hydrogens (tertiary/aromatic N) is 2. The SMILES string of the molecule is O=C(CN1CCc2sccc2C1)N1C[C@@H]2CCCC[C@]21c1ccccc1. The first-order valence-electron chi connectivity index (χ1n) is 9.91. The maximum absolute atomic E-state index is 13.3. The van der Waals surface area contributed by atoms with Crippen molar-refractivity contribution < 1.29 is 4.79 Å². The van der Waals surface area contributed by atoms with Gasteiger partial charge in [-0.3, -0.25) is 9.69 Å². The van der Waals surface area contributed by atoms with Gasteiger partial charge in [-0.15, -0.1) is 11.3 Å². The van der Waals surface area contributed by atoms with Crippen LogP contribution in [0.4, 0.5) is 0 Å². The molecular formula is C22H26N2OS. The average Bonchev–Trinajstić information content (AvgIpc) is 3.11. The molecule has 0 radical (unpaired) electrons. The van der Waals surface area contributed by atoms with Gasteiger partial charge in [0.15, 0.2) is 0 Å². The number of hydrogen-bond acceptors (Lipinski definition) is 3. The predicted molar refractivity (Wildman–Crippen MR) is 105 cm³/mol. The average molecular weight is 367 g/mol. The predicted octanol–water partition coefficient (Wildman–Crippen LogP) is 4.03. The molecule has 2 atom stereocenters. The lowest BCUT2D eigenvalue weighted by molar-refractivity contribution is -0.168. The molecule has 0 unspecified atom stereocenters. The number of carbonyl (C=O) groups is 1. The summed E-state index contributed by atoms with van der Waals surface area (Å²) in [7, 11) is 0. The zero-order chi connectivity index (χ0) is 17.6. The summed E-state index contributed by atoms with van der Waals surface area (Å²) in [5.41, 5.74) is 2.74. The second-order valence-electron chi connectivity index (χ2n) is 8.07. The molecule has 1 saturated carbocycles. The Hall–Kier alpha value is -1.65. The monoisotopic (exact) mass is 366 g/mol. The van der Waals surface area contributed by atoms with Crippen molar-refractivity contribution in [2.45, 2.75) is 44.2 Å². The van der Waals surface area contributed by atoms with E-state index in [4.69, 9.17) is 0 Å². The van der Waals surface area contributed by atoms with Gasteiger partial charge in [-0.05, 0) is 41.8 Å². The van der Waals surface area contributed by atoms with E-state index in [0.29, 0.717) is 18.4 Å². The van der Waals surface area contributed by atoms with Crippen LogP contribution < -0.4 is 0 Å². The number of benzene rings is 1. The molecular weight excluding hydrogens is 340 g/mol. The fourth-order valence-electron chi connectivity index (χ4n) is 5.40.